The standard InChI is InChI=1S/C51H36N4OS/c1-3-12-31(13-4-1)49-52-50(32-14-5-2-6-15-32)54-51(53-49)40-18-11-21-46-48(40)39-25-22-34(29-47(39)57-46)33-23-27-44-41(28-33)38-26-24-35(30-45(38)56-44)55-42-19-9-7-16-36(42)37-17-8-10-20-43(37)55/h1-9,11-14,16-19,21-30,32,51H,10,15,20H2,(H,52,53,54). The molecule has 5 nitrogen and oxygen atoms in total. The summed E-state index contributed by atoms with van der Waals surface area (Å²) in [6, 6.07) is 46.0. The van der Waals surface area contributed by atoms with E-state index in [4.69, 9.17) is 14.4 Å². The summed E-state index contributed by atoms with van der Waals surface area (Å²) in [7, 11) is 0. The quantitative estimate of drug-likeness (QED) is 0.190. The minimum atomic E-state index is -0.260. The van der Waals surface area contributed by atoms with E-state index < -0.39 is 0 Å². The van der Waals surface area contributed by atoms with Gasteiger partial charge in [-0.05, 0) is 72.9 Å². The molecule has 2 atom stereocenters. The normalized spacial score (nSPS) is 17.8. The van der Waals surface area contributed by atoms with Crippen LogP contribution in [0.25, 0.3) is 75.9 Å². The third-order valence-electron chi connectivity index (χ3n) is 11.8. The molecular formula is C51H36N4OS. The van der Waals surface area contributed by atoms with Crippen molar-refractivity contribution in [3.05, 3.63) is 180 Å². The first-order valence-corrected chi connectivity index (χ1v) is 20.6. The summed E-state index contributed by atoms with van der Waals surface area (Å²) >= 11 is 1.84. The van der Waals surface area contributed by atoms with Crippen molar-refractivity contribution in [1.29, 1.82) is 0 Å². The molecule has 3 aliphatic rings. The lowest BCUT2D eigenvalue weighted by molar-refractivity contribution is 0.664. The number of thiophene rings is 1. The zero-order valence-electron chi connectivity index (χ0n) is 31.0. The molecule has 0 amide bonds. The fraction of sp³-hybridized carbons (Fsp3) is 0.0980. The largest absolute Gasteiger partial charge is 0.456 e. The lowest BCUT2D eigenvalue weighted by Gasteiger charge is -2.26. The monoisotopic (exact) mass is 752 g/mol. The van der Waals surface area contributed by atoms with E-state index in [0.29, 0.717) is 0 Å². The van der Waals surface area contributed by atoms with Gasteiger partial charge in [0, 0.05) is 76.4 Å². The minimum Gasteiger partial charge on any atom is -0.456 e. The Balaban J connectivity index is 0.921. The summed E-state index contributed by atoms with van der Waals surface area (Å²) in [5.41, 5.74) is 11.5. The van der Waals surface area contributed by atoms with Gasteiger partial charge in [0.25, 0.3) is 0 Å². The lowest BCUT2D eigenvalue weighted by atomic mass is 9.97. The molecule has 0 saturated carbocycles. The fourth-order valence-electron chi connectivity index (χ4n) is 9.12. The zero-order chi connectivity index (χ0) is 37.5. The van der Waals surface area contributed by atoms with Crippen LogP contribution in [0.1, 0.15) is 41.4 Å². The maximum Gasteiger partial charge on any atom is 0.148 e. The van der Waals surface area contributed by atoms with Crippen LogP contribution in [0.3, 0.4) is 0 Å². The fourth-order valence-corrected chi connectivity index (χ4v) is 10.3. The molecule has 6 aromatic carbocycles. The Hall–Kier alpha value is -6.76. The van der Waals surface area contributed by atoms with E-state index in [0.717, 1.165) is 64.1 Å². The van der Waals surface area contributed by atoms with Gasteiger partial charge in [-0.25, -0.2) is 9.98 Å². The van der Waals surface area contributed by atoms with Crippen LogP contribution in [0.15, 0.2) is 172 Å². The summed E-state index contributed by atoms with van der Waals surface area (Å²) in [6.45, 7) is 0. The Bertz CT molecular complexity index is 3260. The van der Waals surface area contributed by atoms with E-state index in [2.05, 4.69) is 168 Å². The molecule has 9 aromatic rings. The maximum absolute atomic E-state index is 6.54. The average Bonchev–Trinajstić information content (AvgIpc) is 3.95. The number of aromatic nitrogens is 1. The second-order valence-corrected chi connectivity index (χ2v) is 16.3. The zero-order valence-corrected chi connectivity index (χ0v) is 31.8. The molecule has 0 fully saturated rings. The number of fused-ring (bicyclic) bond motifs is 9. The van der Waals surface area contributed by atoms with E-state index in [-0.39, 0.29) is 12.1 Å². The van der Waals surface area contributed by atoms with Crippen LogP contribution in [-0.4, -0.2) is 16.2 Å². The van der Waals surface area contributed by atoms with Gasteiger partial charge in [-0.3, -0.25) is 0 Å². The van der Waals surface area contributed by atoms with Crippen molar-refractivity contribution >= 4 is 82.1 Å². The number of benzene rings is 6. The van der Waals surface area contributed by atoms with Gasteiger partial charge in [0.15, 0.2) is 0 Å². The van der Waals surface area contributed by atoms with Crippen molar-refractivity contribution in [3.8, 4) is 16.8 Å². The molecule has 57 heavy (non-hydrogen) atoms. The predicted octanol–water partition coefficient (Wildman–Crippen LogP) is 13.1. The van der Waals surface area contributed by atoms with Crippen LogP contribution in [0, 0.1) is 5.92 Å². The van der Waals surface area contributed by atoms with Crippen LogP contribution in [0.5, 0.6) is 0 Å². The van der Waals surface area contributed by atoms with Crippen molar-refractivity contribution in [2.75, 3.05) is 0 Å². The Labute approximate surface area is 333 Å². The Kier molecular flexibility index (Phi) is 7.35. The second-order valence-electron chi connectivity index (χ2n) is 15.2. The number of furan rings is 1. The Morgan fingerprint density at radius 1 is 0.684 bits per heavy atom. The van der Waals surface area contributed by atoms with Crippen molar-refractivity contribution in [1.82, 2.24) is 9.88 Å². The average molecular weight is 753 g/mol. The second kappa shape index (κ2) is 12.9. The molecular weight excluding hydrogens is 717 g/mol. The molecule has 0 spiro atoms. The molecule has 272 valence electrons. The van der Waals surface area contributed by atoms with Crippen molar-refractivity contribution in [2.24, 2.45) is 15.9 Å². The number of rotatable bonds is 5. The number of hydrogen-bond donors (Lipinski definition) is 1. The van der Waals surface area contributed by atoms with E-state index in [1.165, 1.54) is 59.0 Å². The number of nitrogens with one attached hydrogen (secondary N) is 1. The third kappa shape index (κ3) is 5.28. The predicted molar refractivity (Wildman–Crippen MR) is 239 cm³/mol. The molecule has 2 unspecified atom stereocenters. The molecule has 1 aliphatic heterocycles. The Morgan fingerprint density at radius 2 is 1.56 bits per heavy atom. The molecule has 0 radical (unpaired) electrons. The first-order chi connectivity index (χ1) is 28.2. The number of allylic oxidation sites excluding steroid dienone is 4. The molecule has 3 aromatic heterocycles. The maximum atomic E-state index is 6.54. The molecule has 1 N–H and O–H groups in total. The van der Waals surface area contributed by atoms with E-state index in [9.17, 15) is 0 Å². The number of aliphatic imine (C=N–C) groups is 2. The van der Waals surface area contributed by atoms with Gasteiger partial charge in [-0.15, -0.1) is 11.3 Å². The molecule has 0 bridgehead atoms. The number of para-hydroxylation sites is 1. The highest BCUT2D eigenvalue weighted by molar-refractivity contribution is 7.25. The first-order valence-electron chi connectivity index (χ1n) is 19.8. The van der Waals surface area contributed by atoms with Crippen LogP contribution < -0.4 is 5.32 Å². The van der Waals surface area contributed by atoms with Gasteiger partial charge in [0.1, 0.15) is 29.0 Å². The molecule has 12 rings (SSSR count). The van der Waals surface area contributed by atoms with Crippen molar-refractivity contribution in [2.45, 2.75) is 25.4 Å². The van der Waals surface area contributed by atoms with E-state index in [1.807, 2.05) is 17.4 Å². The summed E-state index contributed by atoms with van der Waals surface area (Å²) in [5.74, 6) is 1.87. The van der Waals surface area contributed by atoms with Crippen LogP contribution in [-0.2, 0) is 6.42 Å². The van der Waals surface area contributed by atoms with Gasteiger partial charge in [-0.1, -0.05) is 115 Å². The van der Waals surface area contributed by atoms with Gasteiger partial charge in [-0.2, -0.15) is 0 Å². The highest BCUT2D eigenvalue weighted by atomic mass is 32.1. The van der Waals surface area contributed by atoms with Crippen LogP contribution >= 0.6 is 11.3 Å². The van der Waals surface area contributed by atoms with Crippen molar-refractivity contribution in [3.63, 3.8) is 0 Å². The number of amidine groups is 2. The van der Waals surface area contributed by atoms with Gasteiger partial charge < -0.3 is 14.3 Å². The van der Waals surface area contributed by atoms with Crippen LogP contribution in [0.2, 0.25) is 0 Å². The lowest BCUT2D eigenvalue weighted by Crippen LogP contribution is -2.35. The highest BCUT2D eigenvalue weighted by Crippen LogP contribution is 2.42. The summed E-state index contributed by atoms with van der Waals surface area (Å²) in [5, 5.41) is 9.77. The van der Waals surface area contributed by atoms with Crippen LogP contribution in [0.4, 0.5) is 0 Å². The SMILES string of the molecule is C1=CCC(C2=NC(c3cccc4sc5cc(-c6ccc7oc8cc(-n9c%10c(c%11ccccc%119)C=CCC%10)ccc8c7c6)ccc5c34)NC(c3ccccc3)=N2)C=C1. The smallest absolute Gasteiger partial charge is 0.148 e. The third-order valence-corrected chi connectivity index (χ3v) is 13.0. The number of nitrogens with zero attached hydrogens (tertiary/aromatic N) is 3. The van der Waals surface area contributed by atoms with Gasteiger partial charge in [0.2, 0.25) is 0 Å². The van der Waals surface area contributed by atoms with Gasteiger partial charge >= 0.3 is 0 Å². The molecule has 2 aliphatic carbocycles. The summed E-state index contributed by atoms with van der Waals surface area (Å²) in [4.78, 5) is 10.3. The Morgan fingerprint density at radius 3 is 2.49 bits per heavy atom. The molecule has 0 saturated heterocycles. The molecule has 4 heterocycles. The summed E-state index contributed by atoms with van der Waals surface area (Å²) in [6.07, 6.45) is 15.9. The highest BCUT2D eigenvalue weighted by Gasteiger charge is 2.26. The van der Waals surface area contributed by atoms with Crippen molar-refractivity contribution < 1.29 is 4.42 Å². The van der Waals surface area contributed by atoms with E-state index in [1.54, 1.807) is 0 Å². The topological polar surface area (TPSA) is 54.8 Å². The first kappa shape index (κ1) is 32.5. The number of hydrogen-bond acceptors (Lipinski definition) is 5. The van der Waals surface area contributed by atoms with E-state index >= 15 is 0 Å². The summed E-state index contributed by atoms with van der Waals surface area (Å²) < 4.78 is 11.5. The molecule has 6 heteroatoms. The van der Waals surface area contributed by atoms with Gasteiger partial charge in [0.05, 0.1) is 5.52 Å². The minimum absolute atomic E-state index is 0.147.